The van der Waals surface area contributed by atoms with E-state index in [4.69, 9.17) is 0 Å². The predicted octanol–water partition coefficient (Wildman–Crippen LogP) is 3.23. The van der Waals surface area contributed by atoms with Gasteiger partial charge in [-0.1, -0.05) is 62.4 Å². The lowest BCUT2D eigenvalue weighted by Gasteiger charge is -2.32. The molecule has 1 heterocycles. The lowest BCUT2D eigenvalue weighted by Crippen LogP contribution is -2.46. The van der Waals surface area contributed by atoms with Gasteiger partial charge in [-0.2, -0.15) is 4.31 Å². The average Bonchev–Trinajstić information content (AvgIpc) is 2.80. The van der Waals surface area contributed by atoms with Gasteiger partial charge in [0.15, 0.2) is 5.96 Å². The minimum atomic E-state index is -3.40. The van der Waals surface area contributed by atoms with Crippen LogP contribution in [0.25, 0.3) is 0 Å². The SMILES string of the molecule is CN=C(NCC1CCN(S(=O)(=O)c2ccccc2)CC1)NCC(C)(C)c1ccccc1. The number of guanidine groups is 1. The molecule has 2 N–H and O–H groups in total. The molecular formula is C24H34N4O2S. The molecule has 0 aromatic heterocycles. The molecular weight excluding hydrogens is 408 g/mol. The summed E-state index contributed by atoms with van der Waals surface area (Å²) in [6.07, 6.45) is 1.68. The van der Waals surface area contributed by atoms with Crippen LogP contribution in [0.5, 0.6) is 0 Å². The van der Waals surface area contributed by atoms with Crippen molar-refractivity contribution in [2.24, 2.45) is 10.9 Å². The van der Waals surface area contributed by atoms with Gasteiger partial charge in [0.1, 0.15) is 0 Å². The van der Waals surface area contributed by atoms with Crippen LogP contribution in [0.2, 0.25) is 0 Å². The smallest absolute Gasteiger partial charge is 0.243 e. The molecule has 0 atom stereocenters. The Bertz CT molecular complexity index is 952. The van der Waals surface area contributed by atoms with Crippen LogP contribution in [-0.4, -0.2) is 51.9 Å². The summed E-state index contributed by atoms with van der Waals surface area (Å²) in [6, 6.07) is 19.1. The van der Waals surface area contributed by atoms with Gasteiger partial charge in [-0.15, -0.1) is 0 Å². The molecule has 168 valence electrons. The van der Waals surface area contributed by atoms with E-state index in [1.54, 1.807) is 35.6 Å². The van der Waals surface area contributed by atoms with Crippen molar-refractivity contribution in [1.29, 1.82) is 0 Å². The molecule has 3 rings (SSSR count). The molecule has 0 spiro atoms. The molecule has 1 saturated heterocycles. The normalized spacial score (nSPS) is 16.8. The number of piperidine rings is 1. The van der Waals surface area contributed by atoms with Gasteiger partial charge < -0.3 is 10.6 Å². The maximum absolute atomic E-state index is 12.8. The second kappa shape index (κ2) is 10.3. The van der Waals surface area contributed by atoms with Crippen molar-refractivity contribution in [3.05, 3.63) is 66.2 Å². The molecule has 0 aliphatic carbocycles. The van der Waals surface area contributed by atoms with Gasteiger partial charge in [0.25, 0.3) is 0 Å². The van der Waals surface area contributed by atoms with E-state index in [0.29, 0.717) is 23.9 Å². The fraction of sp³-hybridized carbons (Fsp3) is 0.458. The van der Waals surface area contributed by atoms with Gasteiger partial charge in [-0.05, 0) is 36.5 Å². The van der Waals surface area contributed by atoms with Crippen LogP contribution in [0.1, 0.15) is 32.3 Å². The first kappa shape index (κ1) is 23.3. The van der Waals surface area contributed by atoms with Crippen molar-refractivity contribution in [3.63, 3.8) is 0 Å². The van der Waals surface area contributed by atoms with Crippen LogP contribution in [-0.2, 0) is 15.4 Å². The van der Waals surface area contributed by atoms with E-state index in [2.05, 4.69) is 53.7 Å². The van der Waals surface area contributed by atoms with Crippen LogP contribution in [0.4, 0.5) is 0 Å². The maximum Gasteiger partial charge on any atom is 0.243 e. The fourth-order valence-electron chi connectivity index (χ4n) is 3.85. The minimum Gasteiger partial charge on any atom is -0.356 e. The fourth-order valence-corrected chi connectivity index (χ4v) is 5.34. The molecule has 0 bridgehead atoms. The summed E-state index contributed by atoms with van der Waals surface area (Å²) >= 11 is 0. The highest BCUT2D eigenvalue weighted by Crippen LogP contribution is 2.24. The Morgan fingerprint density at radius 1 is 1.00 bits per heavy atom. The molecule has 1 aliphatic rings. The van der Waals surface area contributed by atoms with Crippen LogP contribution in [0.3, 0.4) is 0 Å². The molecule has 1 fully saturated rings. The minimum absolute atomic E-state index is 0.0178. The maximum atomic E-state index is 12.8. The van der Waals surface area contributed by atoms with Crippen molar-refractivity contribution in [3.8, 4) is 0 Å². The standard InChI is InChI=1S/C24H34N4O2S/c1-24(2,21-10-6-4-7-11-21)19-27-23(25-3)26-18-20-14-16-28(17-15-20)31(29,30)22-12-8-5-9-13-22/h4-13,20H,14-19H2,1-3H3,(H2,25,26,27). The van der Waals surface area contributed by atoms with E-state index in [0.717, 1.165) is 31.9 Å². The van der Waals surface area contributed by atoms with Crippen molar-refractivity contribution >= 4 is 16.0 Å². The van der Waals surface area contributed by atoms with E-state index in [-0.39, 0.29) is 5.41 Å². The van der Waals surface area contributed by atoms with Crippen molar-refractivity contribution in [1.82, 2.24) is 14.9 Å². The third-order valence-corrected chi connectivity index (χ3v) is 7.90. The van der Waals surface area contributed by atoms with Crippen LogP contribution in [0.15, 0.2) is 70.6 Å². The van der Waals surface area contributed by atoms with Crippen molar-refractivity contribution in [2.75, 3.05) is 33.2 Å². The van der Waals surface area contributed by atoms with E-state index in [9.17, 15) is 8.42 Å². The van der Waals surface area contributed by atoms with Gasteiger partial charge in [0, 0.05) is 38.6 Å². The quantitative estimate of drug-likeness (QED) is 0.510. The van der Waals surface area contributed by atoms with Crippen LogP contribution >= 0.6 is 0 Å². The monoisotopic (exact) mass is 442 g/mol. The van der Waals surface area contributed by atoms with E-state index >= 15 is 0 Å². The molecule has 0 unspecified atom stereocenters. The van der Waals surface area contributed by atoms with E-state index < -0.39 is 10.0 Å². The lowest BCUT2D eigenvalue weighted by atomic mass is 9.85. The number of benzene rings is 2. The van der Waals surface area contributed by atoms with Crippen molar-refractivity contribution in [2.45, 2.75) is 37.0 Å². The highest BCUT2D eigenvalue weighted by atomic mass is 32.2. The largest absolute Gasteiger partial charge is 0.356 e. The molecule has 0 amide bonds. The zero-order chi connectivity index (χ0) is 22.3. The van der Waals surface area contributed by atoms with Gasteiger partial charge in [-0.3, -0.25) is 4.99 Å². The number of hydrogen-bond donors (Lipinski definition) is 2. The van der Waals surface area contributed by atoms with Gasteiger partial charge >= 0.3 is 0 Å². The number of nitrogens with zero attached hydrogens (tertiary/aromatic N) is 2. The van der Waals surface area contributed by atoms with Gasteiger partial charge in [0.05, 0.1) is 4.90 Å². The summed E-state index contributed by atoms with van der Waals surface area (Å²) in [6.45, 7) is 7.08. The summed E-state index contributed by atoms with van der Waals surface area (Å²) in [4.78, 5) is 4.72. The second-order valence-electron chi connectivity index (χ2n) is 8.72. The highest BCUT2D eigenvalue weighted by Gasteiger charge is 2.29. The molecule has 1 aliphatic heterocycles. The Morgan fingerprint density at radius 2 is 1.58 bits per heavy atom. The molecule has 0 radical (unpaired) electrons. The number of aliphatic imine (C=N–C) groups is 1. The Morgan fingerprint density at radius 3 is 2.16 bits per heavy atom. The summed E-state index contributed by atoms with van der Waals surface area (Å²) < 4.78 is 27.2. The van der Waals surface area contributed by atoms with Crippen molar-refractivity contribution < 1.29 is 8.42 Å². The third-order valence-electron chi connectivity index (χ3n) is 5.99. The van der Waals surface area contributed by atoms with Gasteiger partial charge in [-0.25, -0.2) is 8.42 Å². The third kappa shape index (κ3) is 6.08. The molecule has 6 nitrogen and oxygen atoms in total. The predicted molar refractivity (Wildman–Crippen MR) is 127 cm³/mol. The Balaban J connectivity index is 1.46. The van der Waals surface area contributed by atoms with Gasteiger partial charge in [0.2, 0.25) is 10.0 Å². The number of nitrogens with one attached hydrogen (secondary N) is 2. The zero-order valence-electron chi connectivity index (χ0n) is 18.7. The lowest BCUT2D eigenvalue weighted by molar-refractivity contribution is 0.273. The first-order valence-electron chi connectivity index (χ1n) is 10.9. The number of sulfonamides is 1. The molecule has 0 saturated carbocycles. The van der Waals surface area contributed by atoms with Crippen LogP contribution in [0, 0.1) is 5.92 Å². The first-order chi connectivity index (χ1) is 14.8. The number of rotatable bonds is 7. The topological polar surface area (TPSA) is 73.8 Å². The zero-order valence-corrected chi connectivity index (χ0v) is 19.5. The second-order valence-corrected chi connectivity index (χ2v) is 10.7. The average molecular weight is 443 g/mol. The highest BCUT2D eigenvalue weighted by molar-refractivity contribution is 7.89. The molecule has 31 heavy (non-hydrogen) atoms. The number of hydrogen-bond acceptors (Lipinski definition) is 3. The summed E-state index contributed by atoms with van der Waals surface area (Å²) in [5.41, 5.74) is 1.26. The van der Waals surface area contributed by atoms with Crippen LogP contribution < -0.4 is 10.6 Å². The molecule has 7 heteroatoms. The summed E-state index contributed by atoms with van der Waals surface area (Å²) in [7, 11) is -1.62. The summed E-state index contributed by atoms with van der Waals surface area (Å²) in [5.74, 6) is 1.20. The van der Waals surface area contributed by atoms with E-state index in [1.807, 2.05) is 12.1 Å². The Hall–Kier alpha value is -2.38. The van der Waals surface area contributed by atoms with E-state index in [1.165, 1.54) is 5.56 Å². The first-order valence-corrected chi connectivity index (χ1v) is 12.3. The molecule has 2 aromatic rings. The molecule has 2 aromatic carbocycles. The Labute approximate surface area is 186 Å². The Kier molecular flexibility index (Phi) is 7.73. The summed E-state index contributed by atoms with van der Waals surface area (Å²) in [5, 5.41) is 6.85.